The zero-order chi connectivity index (χ0) is 52.2. The van der Waals surface area contributed by atoms with Crippen molar-refractivity contribution in [1.82, 2.24) is 0 Å². The molecule has 0 fully saturated rings. The molecule has 0 radical (unpaired) electrons. The number of hydrogen-bond donors (Lipinski definition) is 0. The molecule has 0 saturated carbocycles. The predicted octanol–water partition coefficient (Wildman–Crippen LogP) is 20.5. The van der Waals surface area contributed by atoms with E-state index in [1.165, 1.54) is 109 Å². The predicted molar refractivity (Wildman–Crippen MR) is 311 cm³/mol. The molecular weight excluding hydrogens is 889 g/mol. The Labute approximate surface area is 445 Å². The topological polar surface area (TPSA) is 78.9 Å². The maximum absolute atomic E-state index is 12.9. The minimum Gasteiger partial charge on any atom is -0.462 e. The van der Waals surface area contributed by atoms with Gasteiger partial charge in [-0.2, -0.15) is 0 Å². The van der Waals surface area contributed by atoms with E-state index >= 15 is 0 Å². The Kier molecular flexibility index (Phi) is 56.8. The van der Waals surface area contributed by atoms with Crippen molar-refractivity contribution in [3.63, 3.8) is 0 Å². The summed E-state index contributed by atoms with van der Waals surface area (Å²) in [5.41, 5.74) is 0. The Morgan fingerprint density at radius 2 is 0.569 bits per heavy atom. The van der Waals surface area contributed by atoms with E-state index in [0.717, 1.165) is 135 Å². The Bertz CT molecular complexity index is 1430. The van der Waals surface area contributed by atoms with Crippen molar-refractivity contribution in [2.24, 2.45) is 0 Å². The lowest BCUT2D eigenvalue weighted by atomic mass is 10.0. The first kappa shape index (κ1) is 68.3. The van der Waals surface area contributed by atoms with Crippen molar-refractivity contribution in [1.29, 1.82) is 0 Å². The van der Waals surface area contributed by atoms with E-state index in [1.807, 2.05) is 0 Å². The van der Waals surface area contributed by atoms with Crippen molar-refractivity contribution >= 4 is 17.9 Å². The highest BCUT2D eigenvalue weighted by Gasteiger charge is 2.19. The molecule has 1 atom stereocenters. The number of allylic oxidation sites excluding steroid dienone is 16. The molecule has 0 aliphatic carbocycles. The number of carbonyl (C=O) groups excluding carboxylic acids is 3. The second-order valence-corrected chi connectivity index (χ2v) is 19.9. The third-order valence-corrected chi connectivity index (χ3v) is 12.8. The number of ether oxygens (including phenoxy) is 3. The summed E-state index contributed by atoms with van der Waals surface area (Å²) in [4.78, 5) is 38.1. The van der Waals surface area contributed by atoms with Gasteiger partial charge in [0, 0.05) is 19.3 Å². The molecule has 1 unspecified atom stereocenters. The molecule has 0 aromatic heterocycles. The highest BCUT2D eigenvalue weighted by Crippen LogP contribution is 2.16. The normalized spacial score (nSPS) is 12.8. The van der Waals surface area contributed by atoms with E-state index < -0.39 is 6.10 Å². The fourth-order valence-electron chi connectivity index (χ4n) is 8.31. The van der Waals surface area contributed by atoms with Gasteiger partial charge in [0.15, 0.2) is 6.10 Å². The van der Waals surface area contributed by atoms with Gasteiger partial charge >= 0.3 is 17.9 Å². The lowest BCUT2D eigenvalue weighted by Gasteiger charge is -2.18. The first-order valence-electron chi connectivity index (χ1n) is 30.2. The van der Waals surface area contributed by atoms with Gasteiger partial charge in [-0.15, -0.1) is 0 Å². The van der Waals surface area contributed by atoms with Crippen LogP contribution in [-0.2, 0) is 28.6 Å². The minimum absolute atomic E-state index is 0.0865. The lowest BCUT2D eigenvalue weighted by molar-refractivity contribution is -0.167. The quantitative estimate of drug-likeness (QED) is 0.0261. The average Bonchev–Trinajstić information content (AvgIpc) is 3.38. The van der Waals surface area contributed by atoms with Crippen LogP contribution in [0.25, 0.3) is 0 Å². The van der Waals surface area contributed by atoms with Gasteiger partial charge in [0.05, 0.1) is 0 Å². The smallest absolute Gasteiger partial charge is 0.306 e. The number of unbranched alkanes of at least 4 members (excludes halogenated alkanes) is 27. The second-order valence-electron chi connectivity index (χ2n) is 19.9. The highest BCUT2D eigenvalue weighted by atomic mass is 16.6. The summed E-state index contributed by atoms with van der Waals surface area (Å²) in [7, 11) is 0. The molecular formula is C66H112O6. The van der Waals surface area contributed by atoms with Crippen molar-refractivity contribution in [3.8, 4) is 0 Å². The Morgan fingerprint density at radius 3 is 0.917 bits per heavy atom. The summed E-state index contributed by atoms with van der Waals surface area (Å²) in [5, 5.41) is 0. The van der Waals surface area contributed by atoms with Gasteiger partial charge in [0.25, 0.3) is 0 Å². The van der Waals surface area contributed by atoms with E-state index in [1.54, 1.807) is 0 Å². The summed E-state index contributed by atoms with van der Waals surface area (Å²) in [6.07, 6.45) is 79.8. The maximum Gasteiger partial charge on any atom is 0.306 e. The summed E-state index contributed by atoms with van der Waals surface area (Å²) < 4.78 is 16.8. The van der Waals surface area contributed by atoms with Gasteiger partial charge in [0.1, 0.15) is 13.2 Å². The molecule has 0 aromatic rings. The lowest BCUT2D eigenvalue weighted by Crippen LogP contribution is -2.30. The molecule has 0 bridgehead atoms. The van der Waals surface area contributed by atoms with Crippen molar-refractivity contribution in [3.05, 3.63) is 97.2 Å². The molecule has 0 aliphatic heterocycles. The highest BCUT2D eigenvalue weighted by molar-refractivity contribution is 5.71. The summed E-state index contributed by atoms with van der Waals surface area (Å²) >= 11 is 0. The molecule has 0 aliphatic rings. The number of esters is 3. The van der Waals surface area contributed by atoms with Crippen molar-refractivity contribution in [2.45, 2.75) is 290 Å². The largest absolute Gasteiger partial charge is 0.462 e. The fraction of sp³-hybridized carbons (Fsp3) is 0.712. The van der Waals surface area contributed by atoms with Crippen LogP contribution >= 0.6 is 0 Å². The van der Waals surface area contributed by atoms with E-state index in [4.69, 9.17) is 14.2 Å². The van der Waals surface area contributed by atoms with Crippen LogP contribution in [0.4, 0.5) is 0 Å². The van der Waals surface area contributed by atoms with Gasteiger partial charge in [0.2, 0.25) is 0 Å². The monoisotopic (exact) mass is 1000 g/mol. The van der Waals surface area contributed by atoms with Gasteiger partial charge in [-0.05, 0) is 96.3 Å². The Balaban J connectivity index is 4.31. The molecule has 0 rings (SSSR count). The van der Waals surface area contributed by atoms with E-state index in [-0.39, 0.29) is 31.1 Å². The van der Waals surface area contributed by atoms with Crippen molar-refractivity contribution in [2.75, 3.05) is 13.2 Å². The van der Waals surface area contributed by atoms with Crippen LogP contribution in [0.15, 0.2) is 97.2 Å². The van der Waals surface area contributed by atoms with E-state index in [9.17, 15) is 14.4 Å². The van der Waals surface area contributed by atoms with E-state index in [2.05, 4.69) is 118 Å². The first-order chi connectivity index (χ1) is 35.5. The van der Waals surface area contributed by atoms with Crippen LogP contribution in [-0.4, -0.2) is 37.2 Å². The summed E-state index contributed by atoms with van der Waals surface area (Å²) in [6, 6.07) is 0. The molecule has 0 N–H and O–H groups in total. The number of hydrogen-bond acceptors (Lipinski definition) is 6. The Morgan fingerprint density at radius 1 is 0.292 bits per heavy atom. The second kappa shape index (κ2) is 59.9. The van der Waals surface area contributed by atoms with Crippen LogP contribution in [0.3, 0.4) is 0 Å². The van der Waals surface area contributed by atoms with Crippen LogP contribution in [0.1, 0.15) is 284 Å². The molecule has 6 heteroatoms. The van der Waals surface area contributed by atoms with Crippen LogP contribution < -0.4 is 0 Å². The molecule has 0 amide bonds. The molecule has 0 heterocycles. The van der Waals surface area contributed by atoms with E-state index in [0.29, 0.717) is 19.3 Å². The molecule has 0 spiro atoms. The van der Waals surface area contributed by atoms with Gasteiger partial charge in [-0.3, -0.25) is 14.4 Å². The van der Waals surface area contributed by atoms with Crippen LogP contribution in [0.5, 0.6) is 0 Å². The maximum atomic E-state index is 12.9. The van der Waals surface area contributed by atoms with Crippen LogP contribution in [0, 0.1) is 0 Å². The van der Waals surface area contributed by atoms with Crippen LogP contribution in [0.2, 0.25) is 0 Å². The molecule has 6 nitrogen and oxygen atoms in total. The van der Waals surface area contributed by atoms with Gasteiger partial charge in [-0.1, -0.05) is 266 Å². The molecule has 412 valence electrons. The standard InChI is InChI=1S/C66H112O6/c1-4-7-10-13-16-19-22-24-26-28-29-30-31-32-33-34-35-36-37-39-40-42-44-47-50-53-56-59-65(68)71-62-63(61-70-64(67)58-55-52-49-46-21-18-15-12-9-6-3)72-66(69)60-57-54-51-48-45-43-41-38-27-25-23-20-17-14-11-8-5-2/h7,10,12,15-16,19,24,26,29-30,32-33,35-36,39-40,63H,4-6,8-9,11,13-14,17-18,20-23,25,27-28,31,34,37-38,41-62H2,1-3H3/b10-7-,15-12-,19-16-,26-24-,30-29-,33-32-,36-35-,40-39-. The summed E-state index contributed by atoms with van der Waals surface area (Å²) in [5.74, 6) is -0.909. The average molecular weight is 1000 g/mol. The third kappa shape index (κ3) is 57.2. The van der Waals surface area contributed by atoms with Crippen molar-refractivity contribution < 1.29 is 28.6 Å². The fourth-order valence-corrected chi connectivity index (χ4v) is 8.31. The Hall–Kier alpha value is -3.67. The third-order valence-electron chi connectivity index (χ3n) is 12.8. The van der Waals surface area contributed by atoms with Gasteiger partial charge in [-0.25, -0.2) is 0 Å². The molecule has 72 heavy (non-hydrogen) atoms. The first-order valence-corrected chi connectivity index (χ1v) is 30.2. The zero-order valence-electron chi connectivity index (χ0n) is 47.2. The van der Waals surface area contributed by atoms with Gasteiger partial charge < -0.3 is 14.2 Å². The summed E-state index contributed by atoms with van der Waals surface area (Å²) in [6.45, 7) is 6.46. The zero-order valence-corrected chi connectivity index (χ0v) is 47.2. The molecule has 0 aromatic carbocycles. The molecule has 0 saturated heterocycles. The SMILES string of the molecule is CC/C=C\C/C=C\C/C=C\C/C=C\C/C=C\C/C=C\C/C=C\CCCCCCCC(=O)OCC(COC(=O)CCCCCCC/C=C\CCC)OC(=O)CCCCCCCCCCCCCCCCCCC. The number of rotatable bonds is 54. The minimum atomic E-state index is -0.788. The number of carbonyl (C=O) groups is 3.